The van der Waals surface area contributed by atoms with Gasteiger partial charge in [0.1, 0.15) is 6.04 Å². The van der Waals surface area contributed by atoms with E-state index in [4.69, 9.17) is 10.8 Å². The van der Waals surface area contributed by atoms with Crippen LogP contribution in [0, 0.1) is 5.92 Å². The molecule has 2 aliphatic heterocycles. The number of rotatable bonds is 2. The van der Waals surface area contributed by atoms with Crippen LogP contribution in [0.25, 0.3) is 0 Å². The summed E-state index contributed by atoms with van der Waals surface area (Å²) in [5, 5.41) is 8.85. The van der Waals surface area contributed by atoms with Gasteiger partial charge in [-0.15, -0.1) is 0 Å². The molecule has 2 bridgehead atoms. The maximum absolute atomic E-state index is 10.8. The van der Waals surface area contributed by atoms with E-state index in [0.29, 0.717) is 12.1 Å². The first-order valence-corrected chi connectivity index (χ1v) is 5.30. The van der Waals surface area contributed by atoms with Crippen molar-refractivity contribution < 1.29 is 9.90 Å². The minimum absolute atomic E-state index is 0.182. The molecule has 0 aliphatic carbocycles. The molecule has 14 heavy (non-hydrogen) atoms. The summed E-state index contributed by atoms with van der Waals surface area (Å²) in [7, 11) is 2.14. The summed E-state index contributed by atoms with van der Waals surface area (Å²) in [6, 6.07) is 0.486. The number of aliphatic carboxylic acids is 1. The smallest absolute Gasteiger partial charge is 0.320 e. The van der Waals surface area contributed by atoms with Crippen LogP contribution in [-0.4, -0.2) is 41.1 Å². The lowest BCUT2D eigenvalue weighted by Gasteiger charge is -2.37. The fourth-order valence-corrected chi connectivity index (χ4v) is 2.95. The molecule has 3 N–H and O–H groups in total. The second kappa shape index (κ2) is 3.51. The average molecular weight is 198 g/mol. The first-order chi connectivity index (χ1) is 6.59. The van der Waals surface area contributed by atoms with Crippen LogP contribution in [0.2, 0.25) is 0 Å². The summed E-state index contributed by atoms with van der Waals surface area (Å²) in [4.78, 5) is 13.2. The van der Waals surface area contributed by atoms with Crippen LogP contribution < -0.4 is 5.73 Å². The van der Waals surface area contributed by atoms with E-state index in [9.17, 15) is 4.79 Å². The predicted octanol–water partition coefficient (Wildman–Crippen LogP) is 0.271. The van der Waals surface area contributed by atoms with Gasteiger partial charge in [-0.3, -0.25) is 4.79 Å². The average Bonchev–Trinajstić information content (AvgIpc) is 2.42. The molecule has 0 saturated carbocycles. The van der Waals surface area contributed by atoms with Crippen LogP contribution in [-0.2, 0) is 4.79 Å². The first-order valence-electron chi connectivity index (χ1n) is 5.30. The Morgan fingerprint density at radius 1 is 1.43 bits per heavy atom. The normalized spacial score (nSPS) is 39.7. The second-order valence-corrected chi connectivity index (χ2v) is 4.65. The molecule has 0 radical (unpaired) electrons. The number of carboxylic acid groups (broad SMARTS) is 1. The zero-order chi connectivity index (χ0) is 10.3. The maximum atomic E-state index is 10.8. The van der Waals surface area contributed by atoms with Crippen LogP contribution >= 0.6 is 0 Å². The van der Waals surface area contributed by atoms with Gasteiger partial charge in [0.15, 0.2) is 0 Å². The van der Waals surface area contributed by atoms with Crippen molar-refractivity contribution in [1.82, 2.24) is 4.90 Å². The van der Waals surface area contributed by atoms with Crippen LogP contribution in [0.15, 0.2) is 0 Å². The van der Waals surface area contributed by atoms with Gasteiger partial charge >= 0.3 is 5.97 Å². The zero-order valence-corrected chi connectivity index (χ0v) is 8.52. The van der Waals surface area contributed by atoms with Crippen LogP contribution in [0.4, 0.5) is 0 Å². The van der Waals surface area contributed by atoms with Gasteiger partial charge in [0.25, 0.3) is 0 Å². The van der Waals surface area contributed by atoms with Crippen molar-refractivity contribution in [2.45, 2.75) is 43.8 Å². The third-order valence-electron chi connectivity index (χ3n) is 3.93. The molecule has 0 aromatic carbocycles. The van der Waals surface area contributed by atoms with Crippen LogP contribution in [0.1, 0.15) is 25.7 Å². The highest BCUT2D eigenvalue weighted by Crippen LogP contribution is 2.38. The number of hydrogen-bond donors (Lipinski definition) is 2. The van der Waals surface area contributed by atoms with Crippen LogP contribution in [0.3, 0.4) is 0 Å². The highest BCUT2D eigenvalue weighted by atomic mass is 16.4. The zero-order valence-electron chi connectivity index (χ0n) is 8.52. The Labute approximate surface area is 84.1 Å². The number of nitrogens with two attached hydrogens (primary N) is 1. The standard InChI is InChI=1S/C10H18N2O2/c1-12-7-2-3-8(12)5-6(4-7)9(11)10(13)14/h6-9H,2-5,11H2,1H3,(H,13,14). The van der Waals surface area contributed by atoms with Crippen molar-refractivity contribution in [2.24, 2.45) is 11.7 Å². The Balaban J connectivity index is 2.02. The number of hydrogen-bond acceptors (Lipinski definition) is 3. The van der Waals surface area contributed by atoms with Gasteiger partial charge in [0.05, 0.1) is 0 Å². The largest absolute Gasteiger partial charge is 0.480 e. The summed E-state index contributed by atoms with van der Waals surface area (Å²) in [5.41, 5.74) is 5.67. The van der Waals surface area contributed by atoms with E-state index in [1.54, 1.807) is 0 Å². The van der Waals surface area contributed by atoms with Gasteiger partial charge in [-0.25, -0.2) is 0 Å². The molecular formula is C10H18N2O2. The monoisotopic (exact) mass is 198 g/mol. The van der Waals surface area contributed by atoms with Crippen LogP contribution in [0.5, 0.6) is 0 Å². The topological polar surface area (TPSA) is 66.6 Å². The number of carboxylic acids is 1. The SMILES string of the molecule is CN1C2CCC1CC(C(N)C(=O)O)C2. The Hall–Kier alpha value is -0.610. The predicted molar refractivity (Wildman–Crippen MR) is 52.9 cm³/mol. The van der Waals surface area contributed by atoms with E-state index < -0.39 is 12.0 Å². The molecule has 80 valence electrons. The lowest BCUT2D eigenvalue weighted by Crippen LogP contribution is -2.48. The Bertz CT molecular complexity index is 230. The van der Waals surface area contributed by atoms with Gasteiger partial charge in [0.2, 0.25) is 0 Å². The molecule has 2 fully saturated rings. The van der Waals surface area contributed by atoms with Gasteiger partial charge in [-0.1, -0.05) is 0 Å². The molecule has 0 amide bonds. The van der Waals surface area contributed by atoms with Crippen molar-refractivity contribution >= 4 is 5.97 Å². The molecule has 2 aliphatic rings. The lowest BCUT2D eigenvalue weighted by molar-refractivity contribution is -0.140. The third kappa shape index (κ3) is 1.53. The van der Waals surface area contributed by atoms with Crippen molar-refractivity contribution in [3.8, 4) is 0 Å². The number of nitrogens with zero attached hydrogens (tertiary/aromatic N) is 1. The molecule has 0 spiro atoms. The minimum Gasteiger partial charge on any atom is -0.480 e. The van der Waals surface area contributed by atoms with E-state index in [0.717, 1.165) is 12.8 Å². The molecule has 3 unspecified atom stereocenters. The molecule has 4 heteroatoms. The van der Waals surface area contributed by atoms with E-state index in [-0.39, 0.29) is 5.92 Å². The first kappa shape index (κ1) is 9.93. The van der Waals surface area contributed by atoms with Crippen molar-refractivity contribution in [2.75, 3.05) is 7.05 Å². The molecule has 2 heterocycles. The summed E-state index contributed by atoms with van der Waals surface area (Å²) < 4.78 is 0. The van der Waals surface area contributed by atoms with E-state index in [2.05, 4.69) is 11.9 Å². The fourth-order valence-electron chi connectivity index (χ4n) is 2.95. The van der Waals surface area contributed by atoms with Gasteiger partial charge in [-0.05, 0) is 38.6 Å². The summed E-state index contributed by atoms with van der Waals surface area (Å²) in [6.45, 7) is 0. The summed E-state index contributed by atoms with van der Waals surface area (Å²) in [6.07, 6.45) is 4.34. The Morgan fingerprint density at radius 3 is 2.36 bits per heavy atom. The lowest BCUT2D eigenvalue weighted by atomic mass is 9.85. The van der Waals surface area contributed by atoms with Crippen molar-refractivity contribution in [1.29, 1.82) is 0 Å². The van der Waals surface area contributed by atoms with Gasteiger partial charge < -0.3 is 15.7 Å². The summed E-state index contributed by atoms with van der Waals surface area (Å²) in [5.74, 6) is -0.667. The van der Waals surface area contributed by atoms with E-state index in [1.807, 2.05) is 0 Å². The van der Waals surface area contributed by atoms with E-state index >= 15 is 0 Å². The molecule has 0 aromatic rings. The highest BCUT2D eigenvalue weighted by molar-refractivity contribution is 5.73. The fraction of sp³-hybridized carbons (Fsp3) is 0.900. The van der Waals surface area contributed by atoms with Gasteiger partial charge in [0, 0.05) is 12.1 Å². The van der Waals surface area contributed by atoms with Gasteiger partial charge in [-0.2, -0.15) is 0 Å². The minimum atomic E-state index is -0.848. The van der Waals surface area contributed by atoms with Crippen molar-refractivity contribution in [3.05, 3.63) is 0 Å². The molecule has 0 aromatic heterocycles. The second-order valence-electron chi connectivity index (χ2n) is 4.65. The quantitative estimate of drug-likeness (QED) is 0.668. The maximum Gasteiger partial charge on any atom is 0.320 e. The third-order valence-corrected chi connectivity index (χ3v) is 3.93. The molecule has 4 nitrogen and oxygen atoms in total. The number of carbonyl (C=O) groups is 1. The summed E-state index contributed by atoms with van der Waals surface area (Å²) >= 11 is 0. The Kier molecular flexibility index (Phi) is 2.49. The molecule has 3 atom stereocenters. The molecule has 2 saturated heterocycles. The molecular weight excluding hydrogens is 180 g/mol. The van der Waals surface area contributed by atoms with Crippen molar-refractivity contribution in [3.63, 3.8) is 0 Å². The highest BCUT2D eigenvalue weighted by Gasteiger charge is 2.41. The van der Waals surface area contributed by atoms with E-state index in [1.165, 1.54) is 12.8 Å². The Morgan fingerprint density at radius 2 is 1.93 bits per heavy atom. The number of fused-ring (bicyclic) bond motifs is 2. The number of piperidine rings is 1. The molecule has 2 rings (SSSR count).